The van der Waals surface area contributed by atoms with E-state index in [4.69, 9.17) is 11.6 Å². The highest BCUT2D eigenvalue weighted by molar-refractivity contribution is 6.31. The molecule has 2 amide bonds. The molecule has 0 spiro atoms. The molecule has 32 heavy (non-hydrogen) atoms. The predicted molar refractivity (Wildman–Crippen MR) is 124 cm³/mol. The molecule has 0 aliphatic carbocycles. The minimum atomic E-state index is -0.694. The lowest BCUT2D eigenvalue weighted by Crippen LogP contribution is -2.31. The van der Waals surface area contributed by atoms with Crippen LogP contribution in [0.5, 0.6) is 0 Å². The summed E-state index contributed by atoms with van der Waals surface area (Å²) < 4.78 is 1.85. The second-order valence-electron chi connectivity index (χ2n) is 7.70. The molecule has 3 heterocycles. The molecule has 2 aromatic heterocycles. The number of pyridine rings is 1. The van der Waals surface area contributed by atoms with E-state index in [1.807, 2.05) is 54.0 Å². The van der Waals surface area contributed by atoms with E-state index in [1.54, 1.807) is 29.3 Å². The molecule has 0 saturated carbocycles. The summed E-state index contributed by atoms with van der Waals surface area (Å²) in [4.78, 5) is 37.0. The number of amides is 2. The van der Waals surface area contributed by atoms with Gasteiger partial charge in [0.25, 0.3) is 5.91 Å². The largest absolute Gasteiger partial charge is 0.326 e. The van der Waals surface area contributed by atoms with E-state index in [1.165, 1.54) is 0 Å². The van der Waals surface area contributed by atoms with Gasteiger partial charge in [-0.2, -0.15) is 0 Å². The number of para-hydroxylation sites is 2. The maximum Gasteiger partial charge on any atom is 0.253 e. The zero-order valence-corrected chi connectivity index (χ0v) is 18.1. The summed E-state index contributed by atoms with van der Waals surface area (Å²) in [5.74, 6) is 0.0811. The molecule has 4 aromatic rings. The predicted octanol–water partition coefficient (Wildman–Crippen LogP) is 4.51. The lowest BCUT2D eigenvalue weighted by Gasteiger charge is -2.16. The Kier molecular flexibility index (Phi) is 5.11. The van der Waals surface area contributed by atoms with Crippen molar-refractivity contribution in [1.29, 1.82) is 0 Å². The highest BCUT2D eigenvalue weighted by Crippen LogP contribution is 2.37. The first-order valence-electron chi connectivity index (χ1n) is 10.3. The van der Waals surface area contributed by atoms with Gasteiger partial charge in [-0.15, -0.1) is 0 Å². The van der Waals surface area contributed by atoms with Gasteiger partial charge in [-0.05, 0) is 48.9 Å². The van der Waals surface area contributed by atoms with Gasteiger partial charge in [0.1, 0.15) is 6.04 Å². The van der Waals surface area contributed by atoms with Crippen LogP contribution < -0.4 is 10.2 Å². The quantitative estimate of drug-likeness (QED) is 0.490. The minimum Gasteiger partial charge on any atom is -0.326 e. The number of benzene rings is 2. The third-order valence-electron chi connectivity index (χ3n) is 5.65. The van der Waals surface area contributed by atoms with Gasteiger partial charge in [0.05, 0.1) is 29.7 Å². The molecule has 8 heteroatoms. The fourth-order valence-electron chi connectivity index (χ4n) is 4.02. The molecular weight excluding hydrogens is 426 g/mol. The van der Waals surface area contributed by atoms with Crippen molar-refractivity contribution in [3.8, 4) is 0 Å². The van der Waals surface area contributed by atoms with E-state index in [9.17, 15) is 9.59 Å². The van der Waals surface area contributed by atoms with Crippen LogP contribution >= 0.6 is 11.6 Å². The van der Waals surface area contributed by atoms with Gasteiger partial charge in [0, 0.05) is 16.9 Å². The number of anilines is 2. The smallest absolute Gasteiger partial charge is 0.253 e. The molecule has 1 aliphatic heterocycles. The van der Waals surface area contributed by atoms with Crippen molar-refractivity contribution in [2.24, 2.45) is 0 Å². The Morgan fingerprint density at radius 2 is 1.91 bits per heavy atom. The van der Waals surface area contributed by atoms with Crippen LogP contribution in [-0.4, -0.2) is 26.3 Å². The van der Waals surface area contributed by atoms with Crippen LogP contribution in [0, 0.1) is 6.92 Å². The Morgan fingerprint density at radius 3 is 2.72 bits per heavy atom. The van der Waals surface area contributed by atoms with Crippen LogP contribution in [0.3, 0.4) is 0 Å². The molecule has 0 unspecified atom stereocenters. The molecule has 0 radical (unpaired) electrons. The number of hydrogen-bond donors (Lipinski definition) is 1. The van der Waals surface area contributed by atoms with Gasteiger partial charge >= 0.3 is 0 Å². The van der Waals surface area contributed by atoms with Crippen LogP contribution in [0.4, 0.5) is 11.6 Å². The Balaban J connectivity index is 1.48. The maximum absolute atomic E-state index is 13.4. The second kappa shape index (κ2) is 8.09. The molecule has 160 valence electrons. The highest BCUT2D eigenvalue weighted by Gasteiger charge is 2.41. The van der Waals surface area contributed by atoms with Gasteiger partial charge in [0.15, 0.2) is 0 Å². The molecule has 0 saturated heterocycles. The van der Waals surface area contributed by atoms with Crippen molar-refractivity contribution in [2.75, 3.05) is 10.2 Å². The van der Waals surface area contributed by atoms with Crippen LogP contribution in [0.15, 0.2) is 66.9 Å². The van der Waals surface area contributed by atoms with Gasteiger partial charge < -0.3 is 5.32 Å². The number of aromatic nitrogens is 3. The summed E-state index contributed by atoms with van der Waals surface area (Å²) in [6.45, 7) is 2.13. The van der Waals surface area contributed by atoms with Gasteiger partial charge in [-0.1, -0.05) is 35.9 Å². The van der Waals surface area contributed by atoms with Gasteiger partial charge in [-0.25, -0.2) is 4.98 Å². The molecule has 0 bridgehead atoms. The SMILES string of the molecule is Cc1c(Cl)cccc1NC(=O)C[C@H]1C(=O)N(Cc2ccccn2)c2nc3ccccc3n21. The number of carbonyl (C=O) groups excluding carboxylic acids is 2. The highest BCUT2D eigenvalue weighted by atomic mass is 35.5. The van der Waals surface area contributed by atoms with E-state index in [2.05, 4.69) is 15.3 Å². The van der Waals surface area contributed by atoms with Crippen molar-refractivity contribution in [1.82, 2.24) is 14.5 Å². The van der Waals surface area contributed by atoms with E-state index in [-0.39, 0.29) is 24.8 Å². The van der Waals surface area contributed by atoms with Crippen molar-refractivity contribution in [3.63, 3.8) is 0 Å². The zero-order chi connectivity index (χ0) is 22.2. The summed E-state index contributed by atoms with van der Waals surface area (Å²) >= 11 is 6.17. The Hall–Kier alpha value is -3.71. The second-order valence-corrected chi connectivity index (χ2v) is 8.10. The van der Waals surface area contributed by atoms with Gasteiger partial charge in [-0.3, -0.25) is 24.0 Å². The van der Waals surface area contributed by atoms with Gasteiger partial charge in [0.2, 0.25) is 11.9 Å². The van der Waals surface area contributed by atoms with Crippen LogP contribution in [0.25, 0.3) is 11.0 Å². The third-order valence-corrected chi connectivity index (χ3v) is 6.06. The first-order valence-corrected chi connectivity index (χ1v) is 10.6. The lowest BCUT2D eigenvalue weighted by molar-refractivity contribution is -0.124. The lowest BCUT2D eigenvalue weighted by atomic mass is 10.1. The van der Waals surface area contributed by atoms with E-state index >= 15 is 0 Å². The van der Waals surface area contributed by atoms with Crippen LogP contribution in [-0.2, 0) is 16.1 Å². The molecule has 1 N–H and O–H groups in total. The molecule has 1 aliphatic rings. The number of imidazole rings is 1. The molecular formula is C24H20ClN5O2. The number of rotatable bonds is 5. The first-order chi connectivity index (χ1) is 15.5. The molecule has 0 fully saturated rings. The number of fused-ring (bicyclic) bond motifs is 3. The number of carbonyl (C=O) groups is 2. The average molecular weight is 446 g/mol. The topological polar surface area (TPSA) is 80.1 Å². The fourth-order valence-corrected chi connectivity index (χ4v) is 4.19. The van der Waals surface area contributed by atoms with Crippen molar-refractivity contribution >= 4 is 46.1 Å². The number of nitrogens with one attached hydrogen (secondary N) is 1. The minimum absolute atomic E-state index is 0.0170. The number of hydrogen-bond acceptors (Lipinski definition) is 4. The number of halogens is 1. The van der Waals surface area contributed by atoms with Crippen LogP contribution in [0.1, 0.15) is 23.7 Å². The summed E-state index contributed by atoms with van der Waals surface area (Å²) in [7, 11) is 0. The average Bonchev–Trinajstić information content (AvgIpc) is 3.28. The third kappa shape index (κ3) is 3.50. The van der Waals surface area contributed by atoms with Crippen molar-refractivity contribution in [3.05, 3.63) is 83.1 Å². The first kappa shape index (κ1) is 20.2. The molecule has 5 rings (SSSR count). The normalized spacial score (nSPS) is 15.2. The summed E-state index contributed by atoms with van der Waals surface area (Å²) in [5, 5.41) is 3.47. The van der Waals surface area contributed by atoms with E-state index in [0.29, 0.717) is 16.7 Å². The fraction of sp³-hybridized carbons (Fsp3) is 0.167. The standard InChI is InChI=1S/C24H20ClN5O2/c1-15-17(25)8-6-10-18(15)27-22(31)13-21-23(32)29(14-16-7-4-5-12-26-16)24-28-19-9-2-3-11-20(19)30(21)24/h2-12,21H,13-14H2,1H3,(H,27,31)/t21-/m0/s1. The summed E-state index contributed by atoms with van der Waals surface area (Å²) in [6, 6.07) is 17.8. The van der Waals surface area contributed by atoms with E-state index in [0.717, 1.165) is 22.3 Å². The summed E-state index contributed by atoms with van der Waals surface area (Å²) in [5.41, 5.74) is 3.76. The molecule has 7 nitrogen and oxygen atoms in total. The molecule has 2 aromatic carbocycles. The van der Waals surface area contributed by atoms with Crippen molar-refractivity contribution in [2.45, 2.75) is 25.9 Å². The Bertz CT molecular complexity index is 1330. The summed E-state index contributed by atoms with van der Waals surface area (Å²) in [6.07, 6.45) is 1.67. The molecule has 1 atom stereocenters. The van der Waals surface area contributed by atoms with Crippen LogP contribution in [0.2, 0.25) is 5.02 Å². The monoisotopic (exact) mass is 445 g/mol. The maximum atomic E-state index is 13.4. The Labute approximate surface area is 189 Å². The van der Waals surface area contributed by atoms with E-state index < -0.39 is 6.04 Å². The Morgan fingerprint density at radius 1 is 1.09 bits per heavy atom. The number of nitrogens with zero attached hydrogens (tertiary/aromatic N) is 4. The zero-order valence-electron chi connectivity index (χ0n) is 17.3. The van der Waals surface area contributed by atoms with Crippen molar-refractivity contribution < 1.29 is 9.59 Å².